The van der Waals surface area contributed by atoms with Crippen LogP contribution in [0.2, 0.25) is 5.15 Å². The topological polar surface area (TPSA) is 108 Å². The van der Waals surface area contributed by atoms with E-state index in [1.807, 2.05) is 25.1 Å². The van der Waals surface area contributed by atoms with Crippen molar-refractivity contribution < 1.29 is 4.79 Å². The highest BCUT2D eigenvalue weighted by Crippen LogP contribution is 2.36. The van der Waals surface area contributed by atoms with E-state index in [1.54, 1.807) is 35.0 Å². The Morgan fingerprint density at radius 2 is 2.06 bits per heavy atom. The summed E-state index contributed by atoms with van der Waals surface area (Å²) < 4.78 is 1.64. The molecule has 3 aromatic heterocycles. The smallest absolute Gasteiger partial charge is 0.270 e. The van der Waals surface area contributed by atoms with Gasteiger partial charge in [-0.1, -0.05) is 30.7 Å². The van der Waals surface area contributed by atoms with Gasteiger partial charge in [0.25, 0.3) is 5.91 Å². The number of halogens is 1. The fourth-order valence-corrected chi connectivity index (χ4v) is 4.53. The molecule has 34 heavy (non-hydrogen) atoms. The molecule has 170 valence electrons. The maximum Gasteiger partial charge on any atom is 0.270 e. The number of carbonyl (C=O) groups excluding carboxylic acids is 1. The normalized spacial score (nSPS) is 17.6. The molecule has 1 aromatic carbocycles. The molecule has 0 bridgehead atoms. The number of fused-ring (bicyclic) bond motifs is 1. The van der Waals surface area contributed by atoms with E-state index >= 15 is 0 Å². The zero-order chi connectivity index (χ0) is 23.8. The van der Waals surface area contributed by atoms with Gasteiger partial charge in [0.15, 0.2) is 5.65 Å². The molecule has 0 radical (unpaired) electrons. The largest absolute Gasteiger partial charge is 0.346 e. The van der Waals surface area contributed by atoms with Gasteiger partial charge in [-0.15, -0.1) is 0 Å². The lowest BCUT2D eigenvalue weighted by Crippen LogP contribution is -2.39. The number of nitrogens with one attached hydrogen (secondary N) is 2. The summed E-state index contributed by atoms with van der Waals surface area (Å²) in [7, 11) is 0. The Morgan fingerprint density at radius 1 is 1.21 bits per heavy atom. The Kier molecular flexibility index (Phi) is 5.74. The lowest BCUT2D eigenvalue weighted by molar-refractivity contribution is 0.0928. The number of nitrogens with zero attached hydrogens (tertiary/aromatic N) is 5. The van der Waals surface area contributed by atoms with Crippen molar-refractivity contribution in [1.82, 2.24) is 30.2 Å². The summed E-state index contributed by atoms with van der Waals surface area (Å²) in [5.74, 6) is 0.117. The molecule has 0 saturated carbocycles. The highest BCUT2D eigenvalue weighted by atomic mass is 35.5. The Balaban J connectivity index is 1.67. The number of rotatable bonds is 4. The van der Waals surface area contributed by atoms with E-state index < -0.39 is 0 Å². The number of benzene rings is 1. The second-order valence-electron chi connectivity index (χ2n) is 8.53. The number of pyridine rings is 1. The van der Waals surface area contributed by atoms with Gasteiger partial charge in [0.2, 0.25) is 0 Å². The number of hydrogen-bond donors (Lipinski definition) is 2. The van der Waals surface area contributed by atoms with Crippen molar-refractivity contribution in [3.63, 3.8) is 0 Å². The van der Waals surface area contributed by atoms with E-state index in [1.165, 1.54) is 0 Å². The minimum atomic E-state index is -0.229. The summed E-state index contributed by atoms with van der Waals surface area (Å²) in [6.07, 6.45) is 1.73. The molecule has 1 aliphatic rings. The van der Waals surface area contributed by atoms with Gasteiger partial charge in [0.05, 0.1) is 17.2 Å². The predicted octanol–water partition coefficient (Wildman–Crippen LogP) is 3.63. The first kappa shape index (κ1) is 22.0. The van der Waals surface area contributed by atoms with Crippen LogP contribution in [0, 0.1) is 24.2 Å². The van der Waals surface area contributed by atoms with Gasteiger partial charge in [0, 0.05) is 30.0 Å². The summed E-state index contributed by atoms with van der Waals surface area (Å²) in [6.45, 7) is 5.58. The van der Waals surface area contributed by atoms with Crippen LogP contribution in [0.15, 0.2) is 48.7 Å². The first-order valence-corrected chi connectivity index (χ1v) is 11.4. The lowest BCUT2D eigenvalue weighted by atomic mass is 10.00. The quantitative estimate of drug-likeness (QED) is 0.440. The van der Waals surface area contributed by atoms with E-state index in [0.29, 0.717) is 39.2 Å². The van der Waals surface area contributed by atoms with Gasteiger partial charge in [-0.2, -0.15) is 10.4 Å². The third kappa shape index (κ3) is 4.12. The SMILES string of the molecule is Cc1cc(-c2c(-c3cccc(C#N)c3)nn3ccc(C(=O)N[C@H]4CNC[C@@H]4C)nc23)cc(Cl)n1. The molecule has 0 aliphatic carbocycles. The summed E-state index contributed by atoms with van der Waals surface area (Å²) in [5, 5.41) is 20.8. The summed E-state index contributed by atoms with van der Waals surface area (Å²) >= 11 is 6.28. The Morgan fingerprint density at radius 3 is 2.79 bits per heavy atom. The molecule has 8 nitrogen and oxygen atoms in total. The highest BCUT2D eigenvalue weighted by molar-refractivity contribution is 6.29. The molecular formula is C25H22ClN7O. The van der Waals surface area contributed by atoms with Crippen molar-refractivity contribution in [3.8, 4) is 28.5 Å². The fraction of sp³-hybridized carbons (Fsp3) is 0.240. The van der Waals surface area contributed by atoms with Gasteiger partial charge < -0.3 is 10.6 Å². The molecule has 5 rings (SSSR count). The minimum absolute atomic E-state index is 0.0563. The number of aryl methyl sites for hydroxylation is 1. The maximum absolute atomic E-state index is 13.0. The van der Waals surface area contributed by atoms with Crippen LogP contribution in [-0.4, -0.2) is 44.6 Å². The number of amides is 1. The average molecular weight is 472 g/mol. The summed E-state index contributed by atoms with van der Waals surface area (Å²) in [6, 6.07) is 14.8. The molecule has 9 heteroatoms. The molecule has 4 heterocycles. The van der Waals surface area contributed by atoms with Gasteiger partial charge in [-0.3, -0.25) is 4.79 Å². The highest BCUT2D eigenvalue weighted by Gasteiger charge is 2.26. The van der Waals surface area contributed by atoms with Crippen molar-refractivity contribution in [1.29, 1.82) is 5.26 Å². The Bertz CT molecular complexity index is 1440. The molecule has 1 amide bonds. The first-order valence-electron chi connectivity index (χ1n) is 11.0. The molecule has 4 aromatic rings. The predicted molar refractivity (Wildman–Crippen MR) is 129 cm³/mol. The van der Waals surface area contributed by atoms with Crippen LogP contribution < -0.4 is 10.6 Å². The standard InChI is InChI=1S/C25H22ClN7O/c1-14-12-28-13-20(14)31-25(34)19-6-7-33-24(30-19)22(18-8-15(2)29-21(26)10-18)23(32-33)17-5-3-4-16(9-17)11-27/h3-10,14,20,28H,12-13H2,1-2H3,(H,31,34)/t14-,20-/m0/s1. The number of nitriles is 1. The number of carbonyl (C=O) groups is 1. The molecular weight excluding hydrogens is 450 g/mol. The van der Waals surface area contributed by atoms with E-state index in [-0.39, 0.29) is 11.9 Å². The second-order valence-corrected chi connectivity index (χ2v) is 8.92. The van der Waals surface area contributed by atoms with Crippen LogP contribution in [0.4, 0.5) is 0 Å². The van der Waals surface area contributed by atoms with Gasteiger partial charge in [-0.25, -0.2) is 14.5 Å². The summed E-state index contributed by atoms with van der Waals surface area (Å²) in [5.41, 5.74) is 4.99. The maximum atomic E-state index is 13.0. The second kappa shape index (κ2) is 8.86. The van der Waals surface area contributed by atoms with E-state index in [0.717, 1.165) is 29.9 Å². The van der Waals surface area contributed by atoms with Crippen LogP contribution in [0.25, 0.3) is 28.0 Å². The molecule has 2 atom stereocenters. The minimum Gasteiger partial charge on any atom is -0.346 e. The number of aromatic nitrogens is 4. The average Bonchev–Trinajstić information content (AvgIpc) is 3.41. The van der Waals surface area contributed by atoms with Crippen LogP contribution in [-0.2, 0) is 0 Å². The zero-order valence-corrected chi connectivity index (χ0v) is 19.5. The molecule has 1 fully saturated rings. The van der Waals surface area contributed by atoms with Crippen LogP contribution in [0.1, 0.15) is 28.7 Å². The van der Waals surface area contributed by atoms with Crippen LogP contribution in [0.3, 0.4) is 0 Å². The van der Waals surface area contributed by atoms with Crippen LogP contribution in [0.5, 0.6) is 0 Å². The monoisotopic (exact) mass is 471 g/mol. The van der Waals surface area contributed by atoms with Crippen molar-refractivity contribution >= 4 is 23.2 Å². The third-order valence-corrected chi connectivity index (χ3v) is 6.22. The van der Waals surface area contributed by atoms with E-state index in [9.17, 15) is 10.1 Å². The van der Waals surface area contributed by atoms with E-state index in [4.69, 9.17) is 21.7 Å². The van der Waals surface area contributed by atoms with Crippen molar-refractivity contribution in [2.45, 2.75) is 19.9 Å². The molecule has 2 N–H and O–H groups in total. The summed E-state index contributed by atoms with van der Waals surface area (Å²) in [4.78, 5) is 22.0. The lowest BCUT2D eigenvalue weighted by Gasteiger charge is -2.15. The molecule has 0 unspecified atom stereocenters. The van der Waals surface area contributed by atoms with Crippen molar-refractivity contribution in [2.24, 2.45) is 5.92 Å². The third-order valence-electron chi connectivity index (χ3n) is 6.03. The number of hydrogen-bond acceptors (Lipinski definition) is 6. The van der Waals surface area contributed by atoms with Gasteiger partial charge >= 0.3 is 0 Å². The van der Waals surface area contributed by atoms with Crippen LogP contribution >= 0.6 is 11.6 Å². The Labute approximate surface area is 201 Å². The first-order chi connectivity index (χ1) is 16.4. The van der Waals surface area contributed by atoms with E-state index in [2.05, 4.69) is 28.6 Å². The van der Waals surface area contributed by atoms with Crippen molar-refractivity contribution in [3.05, 3.63) is 70.8 Å². The van der Waals surface area contributed by atoms with Crippen molar-refractivity contribution in [2.75, 3.05) is 13.1 Å². The Hall–Kier alpha value is -3.80. The molecule has 1 aliphatic heterocycles. The molecule has 1 saturated heterocycles. The van der Waals surface area contributed by atoms with Gasteiger partial charge in [-0.05, 0) is 55.3 Å². The van der Waals surface area contributed by atoms with Gasteiger partial charge in [0.1, 0.15) is 16.5 Å². The molecule has 0 spiro atoms. The fourth-order valence-electron chi connectivity index (χ4n) is 4.28. The zero-order valence-electron chi connectivity index (χ0n) is 18.7.